The number of aromatic nitrogens is 4. The van der Waals surface area contributed by atoms with Crippen LogP contribution in [0.3, 0.4) is 0 Å². The van der Waals surface area contributed by atoms with Crippen molar-refractivity contribution in [1.29, 1.82) is 0 Å². The van der Waals surface area contributed by atoms with Gasteiger partial charge in [0.15, 0.2) is 0 Å². The third kappa shape index (κ3) is 5.45. The molecule has 248 valence electrons. The first kappa shape index (κ1) is 30.7. The molecule has 0 fully saturated rings. The van der Waals surface area contributed by atoms with Gasteiger partial charge in [-0.25, -0.2) is 9.97 Å². The molecule has 4 aromatic carbocycles. The van der Waals surface area contributed by atoms with Crippen molar-refractivity contribution in [2.75, 3.05) is 5.73 Å². The molecule has 0 aliphatic carbocycles. The molecule has 0 saturated carbocycles. The number of non-ortho nitro benzene ring substituents is 1. The minimum Gasteiger partial charge on any atom is -0.399 e. The SMILES string of the molecule is Nc1ccc(-c2c3nc(c(-c4ccc([N+](=O)[O-])cc4)c4ccc([nH]4)c(-c4ccccc4)c4nc(c(-c5ccccc5)c5ccc2[nH]5)C=C4)C=C3)cc1. The molecule has 9 rings (SSSR count). The number of nitrogens with one attached hydrogen (secondary N) is 2. The molecule has 5 heterocycles. The Morgan fingerprint density at radius 2 is 0.769 bits per heavy atom. The van der Waals surface area contributed by atoms with Crippen molar-refractivity contribution in [3.63, 3.8) is 0 Å². The molecule has 8 nitrogen and oxygen atoms in total. The number of H-pyrrole nitrogens is 2. The molecule has 0 saturated heterocycles. The van der Waals surface area contributed by atoms with Gasteiger partial charge in [-0.2, -0.15) is 0 Å². The highest BCUT2D eigenvalue weighted by Crippen LogP contribution is 2.38. The summed E-state index contributed by atoms with van der Waals surface area (Å²) in [5.74, 6) is 0. The van der Waals surface area contributed by atoms with Gasteiger partial charge in [0.05, 0.1) is 27.7 Å². The highest BCUT2D eigenvalue weighted by atomic mass is 16.6. The summed E-state index contributed by atoms with van der Waals surface area (Å²) in [6, 6.07) is 43.2. The van der Waals surface area contributed by atoms with Crippen molar-refractivity contribution in [2.45, 2.75) is 0 Å². The third-order valence-corrected chi connectivity index (χ3v) is 9.44. The van der Waals surface area contributed by atoms with Crippen molar-refractivity contribution in [1.82, 2.24) is 19.9 Å². The minimum absolute atomic E-state index is 0.0202. The van der Waals surface area contributed by atoms with Crippen LogP contribution in [0.2, 0.25) is 0 Å². The van der Waals surface area contributed by atoms with E-state index >= 15 is 0 Å². The van der Waals surface area contributed by atoms with Gasteiger partial charge < -0.3 is 15.7 Å². The van der Waals surface area contributed by atoms with Gasteiger partial charge in [-0.05, 0) is 95.1 Å². The number of nitro groups is 1. The summed E-state index contributed by atoms with van der Waals surface area (Å²) in [5.41, 5.74) is 20.9. The lowest BCUT2D eigenvalue weighted by atomic mass is 10.0. The molecule has 7 aromatic rings. The lowest BCUT2D eigenvalue weighted by molar-refractivity contribution is -0.384. The quantitative estimate of drug-likeness (QED) is 0.0951. The first-order valence-electron chi connectivity index (χ1n) is 16.9. The van der Waals surface area contributed by atoms with Gasteiger partial charge in [0.1, 0.15) is 0 Å². The van der Waals surface area contributed by atoms with E-state index in [0.29, 0.717) is 5.69 Å². The van der Waals surface area contributed by atoms with Crippen molar-refractivity contribution in [3.05, 3.63) is 166 Å². The fourth-order valence-electron chi connectivity index (χ4n) is 7.03. The number of rotatable bonds is 5. The maximum Gasteiger partial charge on any atom is 0.269 e. The van der Waals surface area contributed by atoms with Crippen LogP contribution in [0.25, 0.3) is 90.9 Å². The maximum atomic E-state index is 11.6. The lowest BCUT2D eigenvalue weighted by Crippen LogP contribution is -1.91. The second-order valence-electron chi connectivity index (χ2n) is 12.7. The predicted molar refractivity (Wildman–Crippen MR) is 212 cm³/mol. The maximum absolute atomic E-state index is 11.6. The number of nitrogens with zero attached hydrogens (tertiary/aromatic N) is 3. The fraction of sp³-hybridized carbons (Fsp3) is 0. The van der Waals surface area contributed by atoms with E-state index in [1.807, 2.05) is 78.9 Å². The van der Waals surface area contributed by atoms with Crippen LogP contribution in [-0.2, 0) is 0 Å². The van der Waals surface area contributed by atoms with Crippen LogP contribution < -0.4 is 5.73 Å². The van der Waals surface area contributed by atoms with Crippen molar-refractivity contribution < 1.29 is 4.92 Å². The van der Waals surface area contributed by atoms with E-state index in [2.05, 4.69) is 64.6 Å². The number of nitrogen functional groups attached to an aromatic ring is 1. The van der Waals surface area contributed by atoms with Crippen molar-refractivity contribution >= 4 is 57.7 Å². The summed E-state index contributed by atoms with van der Waals surface area (Å²) in [7, 11) is 0. The lowest BCUT2D eigenvalue weighted by Gasteiger charge is -2.07. The molecule has 52 heavy (non-hydrogen) atoms. The third-order valence-electron chi connectivity index (χ3n) is 9.44. The van der Waals surface area contributed by atoms with E-state index in [1.54, 1.807) is 12.1 Å². The molecule has 0 amide bonds. The van der Waals surface area contributed by atoms with Crippen LogP contribution >= 0.6 is 0 Å². The van der Waals surface area contributed by atoms with Crippen LogP contribution in [0.15, 0.2) is 133 Å². The van der Waals surface area contributed by atoms with Gasteiger partial charge in [-0.15, -0.1) is 0 Å². The first-order valence-corrected chi connectivity index (χ1v) is 16.9. The Morgan fingerprint density at radius 1 is 0.442 bits per heavy atom. The van der Waals surface area contributed by atoms with Crippen LogP contribution in [0.5, 0.6) is 0 Å². The smallest absolute Gasteiger partial charge is 0.269 e. The molecule has 8 heteroatoms. The monoisotopic (exact) mass is 674 g/mol. The predicted octanol–water partition coefficient (Wildman–Crippen LogP) is 10.8. The summed E-state index contributed by atoms with van der Waals surface area (Å²) in [5, 5.41) is 11.6. The average Bonchev–Trinajstić information content (AvgIpc) is 4.01. The average molecular weight is 675 g/mol. The van der Waals surface area contributed by atoms with Gasteiger partial charge in [0.25, 0.3) is 5.69 Å². The summed E-state index contributed by atoms with van der Waals surface area (Å²) in [4.78, 5) is 29.2. The molecular formula is C44H30N6O2. The summed E-state index contributed by atoms with van der Waals surface area (Å²) in [6.45, 7) is 0. The van der Waals surface area contributed by atoms with Crippen LogP contribution in [0.4, 0.5) is 11.4 Å². The first-order chi connectivity index (χ1) is 25.5. The second kappa shape index (κ2) is 12.5. The van der Waals surface area contributed by atoms with Gasteiger partial charge >= 0.3 is 0 Å². The van der Waals surface area contributed by atoms with Gasteiger partial charge in [0, 0.05) is 62.1 Å². The van der Waals surface area contributed by atoms with E-state index < -0.39 is 0 Å². The molecule has 4 N–H and O–H groups in total. The number of hydrogen-bond acceptors (Lipinski definition) is 5. The highest BCUT2D eigenvalue weighted by Gasteiger charge is 2.19. The molecule has 0 radical (unpaired) electrons. The van der Waals surface area contributed by atoms with Gasteiger partial charge in [0.2, 0.25) is 0 Å². The van der Waals surface area contributed by atoms with E-state index in [-0.39, 0.29) is 10.6 Å². The molecule has 3 aromatic heterocycles. The normalized spacial score (nSPS) is 11.9. The van der Waals surface area contributed by atoms with Crippen molar-refractivity contribution in [3.8, 4) is 44.5 Å². The number of fused-ring (bicyclic) bond motifs is 8. The van der Waals surface area contributed by atoms with E-state index in [1.165, 1.54) is 12.1 Å². The Balaban J connectivity index is 1.46. The van der Waals surface area contributed by atoms with Crippen LogP contribution in [0.1, 0.15) is 22.8 Å². The Bertz CT molecular complexity index is 2740. The molecule has 2 aliphatic rings. The summed E-state index contributed by atoms with van der Waals surface area (Å²) < 4.78 is 0. The number of nitrogens with two attached hydrogens (primary N) is 1. The molecule has 2 aliphatic heterocycles. The largest absolute Gasteiger partial charge is 0.399 e. The summed E-state index contributed by atoms with van der Waals surface area (Å²) in [6.07, 6.45) is 8.16. The summed E-state index contributed by atoms with van der Waals surface area (Å²) >= 11 is 0. The van der Waals surface area contributed by atoms with Crippen LogP contribution in [0, 0.1) is 10.1 Å². The molecule has 0 atom stereocenters. The Hall–Kier alpha value is -7.32. The van der Waals surface area contributed by atoms with Gasteiger partial charge in [-0.3, -0.25) is 10.1 Å². The minimum atomic E-state index is -0.388. The number of benzene rings is 4. The number of anilines is 1. The zero-order chi connectivity index (χ0) is 35.2. The zero-order valence-corrected chi connectivity index (χ0v) is 27.7. The Kier molecular flexibility index (Phi) is 7.40. The van der Waals surface area contributed by atoms with Crippen LogP contribution in [-0.4, -0.2) is 24.9 Å². The fourth-order valence-corrected chi connectivity index (χ4v) is 7.03. The topological polar surface area (TPSA) is 127 Å². The number of nitro benzene ring substituents is 1. The second-order valence-corrected chi connectivity index (χ2v) is 12.7. The molecule has 0 unspecified atom stereocenters. The molecule has 0 spiro atoms. The molecular weight excluding hydrogens is 645 g/mol. The van der Waals surface area contributed by atoms with E-state index in [0.717, 1.165) is 89.4 Å². The Morgan fingerprint density at radius 3 is 1.12 bits per heavy atom. The zero-order valence-electron chi connectivity index (χ0n) is 27.7. The highest BCUT2D eigenvalue weighted by molar-refractivity contribution is 5.99. The molecule has 8 bridgehead atoms. The van der Waals surface area contributed by atoms with E-state index in [4.69, 9.17) is 15.7 Å². The number of hydrogen-bond donors (Lipinski definition) is 3. The number of aromatic amines is 2. The van der Waals surface area contributed by atoms with E-state index in [9.17, 15) is 10.1 Å². The van der Waals surface area contributed by atoms with Crippen molar-refractivity contribution in [2.24, 2.45) is 0 Å². The Labute approximate surface area is 298 Å². The van der Waals surface area contributed by atoms with Gasteiger partial charge in [-0.1, -0.05) is 72.8 Å². The standard InChI is InChI=1S/C44H30N6O2/c45-31-15-11-29(12-16-31)43-37-23-21-35(47-37)41(27-7-3-1-4-8-27)33-19-20-34(46-33)42(28-9-5-2-6-10-28)36-22-24-39(48-36)44(40-26-25-38(43)49-40)30-13-17-32(18-14-30)50(51)52/h1-26,47-48H,45H2.